The SMILES string of the molecule is CCc1nccn1-c1cc(NC)nc(C(C)(C)C)n1. The van der Waals surface area contributed by atoms with Crippen molar-refractivity contribution in [2.24, 2.45) is 0 Å². The first-order valence-corrected chi connectivity index (χ1v) is 6.55. The largest absolute Gasteiger partial charge is 0.373 e. The monoisotopic (exact) mass is 259 g/mol. The van der Waals surface area contributed by atoms with Gasteiger partial charge in [-0.25, -0.2) is 15.0 Å². The second-order valence-corrected chi connectivity index (χ2v) is 5.50. The van der Waals surface area contributed by atoms with Gasteiger partial charge in [-0.05, 0) is 0 Å². The highest BCUT2D eigenvalue weighted by Crippen LogP contribution is 2.22. The number of aromatic nitrogens is 4. The Hall–Kier alpha value is -1.91. The van der Waals surface area contributed by atoms with Gasteiger partial charge in [0.15, 0.2) is 0 Å². The molecule has 2 rings (SSSR count). The molecule has 2 aromatic rings. The van der Waals surface area contributed by atoms with Gasteiger partial charge in [0.25, 0.3) is 0 Å². The van der Waals surface area contributed by atoms with Gasteiger partial charge in [0.1, 0.15) is 23.3 Å². The third-order valence-electron chi connectivity index (χ3n) is 2.92. The van der Waals surface area contributed by atoms with E-state index in [4.69, 9.17) is 0 Å². The van der Waals surface area contributed by atoms with E-state index in [-0.39, 0.29) is 5.41 Å². The van der Waals surface area contributed by atoms with E-state index in [0.29, 0.717) is 0 Å². The van der Waals surface area contributed by atoms with Crippen LogP contribution in [0.15, 0.2) is 18.5 Å². The van der Waals surface area contributed by atoms with Gasteiger partial charge in [0.2, 0.25) is 0 Å². The predicted molar refractivity (Wildman–Crippen MR) is 76.8 cm³/mol. The van der Waals surface area contributed by atoms with E-state index in [1.54, 1.807) is 6.20 Å². The molecule has 0 unspecified atom stereocenters. The van der Waals surface area contributed by atoms with Crippen LogP contribution in [-0.4, -0.2) is 26.6 Å². The number of rotatable bonds is 3. The molecule has 5 nitrogen and oxygen atoms in total. The molecule has 0 amide bonds. The summed E-state index contributed by atoms with van der Waals surface area (Å²) in [5.74, 6) is 3.51. The van der Waals surface area contributed by atoms with Gasteiger partial charge in [-0.3, -0.25) is 4.57 Å². The van der Waals surface area contributed by atoms with Gasteiger partial charge >= 0.3 is 0 Å². The fraction of sp³-hybridized carbons (Fsp3) is 0.500. The van der Waals surface area contributed by atoms with Gasteiger partial charge in [-0.2, -0.15) is 0 Å². The van der Waals surface area contributed by atoms with Crippen molar-refractivity contribution in [1.29, 1.82) is 0 Å². The van der Waals surface area contributed by atoms with Gasteiger partial charge < -0.3 is 5.32 Å². The smallest absolute Gasteiger partial charge is 0.143 e. The third kappa shape index (κ3) is 2.75. The summed E-state index contributed by atoms with van der Waals surface area (Å²) in [4.78, 5) is 13.5. The quantitative estimate of drug-likeness (QED) is 0.920. The minimum Gasteiger partial charge on any atom is -0.373 e. The summed E-state index contributed by atoms with van der Waals surface area (Å²) in [7, 11) is 1.87. The Balaban J connectivity index is 2.57. The molecular formula is C14H21N5. The van der Waals surface area contributed by atoms with Gasteiger partial charge in [-0.15, -0.1) is 0 Å². The minimum atomic E-state index is -0.0887. The highest BCUT2D eigenvalue weighted by atomic mass is 15.2. The lowest BCUT2D eigenvalue weighted by atomic mass is 9.96. The standard InChI is InChI=1S/C14H21N5/c1-6-11-16-7-8-19(11)12-9-10(15-5)17-13(18-12)14(2,3)4/h7-9H,6H2,1-5H3,(H,15,17,18). The van der Waals surface area contributed by atoms with E-state index in [9.17, 15) is 0 Å². The molecule has 0 saturated heterocycles. The number of anilines is 1. The van der Waals surface area contributed by atoms with Crippen molar-refractivity contribution >= 4 is 5.82 Å². The van der Waals surface area contributed by atoms with Crippen molar-refractivity contribution in [3.8, 4) is 5.82 Å². The average molecular weight is 259 g/mol. The van der Waals surface area contributed by atoms with Crippen LogP contribution in [0.25, 0.3) is 5.82 Å². The van der Waals surface area contributed by atoms with Gasteiger partial charge in [0, 0.05) is 37.3 Å². The Morgan fingerprint density at radius 2 is 2.00 bits per heavy atom. The van der Waals surface area contributed by atoms with Crippen LogP contribution in [0.5, 0.6) is 0 Å². The van der Waals surface area contributed by atoms with Crippen LogP contribution < -0.4 is 5.32 Å². The highest BCUT2D eigenvalue weighted by molar-refractivity contribution is 5.42. The minimum absolute atomic E-state index is 0.0887. The van der Waals surface area contributed by atoms with E-state index in [2.05, 4.69) is 48.0 Å². The maximum Gasteiger partial charge on any atom is 0.143 e. The van der Waals surface area contributed by atoms with Crippen molar-refractivity contribution < 1.29 is 0 Å². The zero-order valence-corrected chi connectivity index (χ0v) is 12.2. The number of imidazole rings is 1. The summed E-state index contributed by atoms with van der Waals surface area (Å²) in [6.07, 6.45) is 4.61. The van der Waals surface area contributed by atoms with Crippen LogP contribution >= 0.6 is 0 Å². The molecule has 102 valence electrons. The number of aryl methyl sites for hydroxylation is 1. The summed E-state index contributed by atoms with van der Waals surface area (Å²) < 4.78 is 2.01. The maximum absolute atomic E-state index is 4.68. The van der Waals surface area contributed by atoms with E-state index in [1.807, 2.05) is 23.9 Å². The van der Waals surface area contributed by atoms with Crippen LogP contribution in [0, 0.1) is 0 Å². The Kier molecular flexibility index (Phi) is 3.55. The number of nitrogens with one attached hydrogen (secondary N) is 1. The number of hydrogen-bond donors (Lipinski definition) is 1. The maximum atomic E-state index is 4.68. The lowest BCUT2D eigenvalue weighted by Gasteiger charge is -2.19. The second-order valence-electron chi connectivity index (χ2n) is 5.50. The molecule has 0 saturated carbocycles. The van der Waals surface area contributed by atoms with E-state index in [1.165, 1.54) is 0 Å². The van der Waals surface area contributed by atoms with Crippen molar-refractivity contribution in [2.45, 2.75) is 39.5 Å². The van der Waals surface area contributed by atoms with Gasteiger partial charge in [-0.1, -0.05) is 27.7 Å². The Morgan fingerprint density at radius 1 is 1.26 bits per heavy atom. The first-order valence-electron chi connectivity index (χ1n) is 6.55. The lowest BCUT2D eigenvalue weighted by molar-refractivity contribution is 0.543. The number of nitrogens with zero attached hydrogens (tertiary/aromatic N) is 4. The topological polar surface area (TPSA) is 55.6 Å². The average Bonchev–Trinajstić information content (AvgIpc) is 2.85. The molecule has 1 N–H and O–H groups in total. The molecule has 2 aromatic heterocycles. The molecule has 0 bridgehead atoms. The zero-order chi connectivity index (χ0) is 14.0. The van der Waals surface area contributed by atoms with Crippen molar-refractivity contribution in [2.75, 3.05) is 12.4 Å². The zero-order valence-electron chi connectivity index (χ0n) is 12.2. The van der Waals surface area contributed by atoms with Crippen LogP contribution in [0.1, 0.15) is 39.3 Å². The Labute approximate surface area is 114 Å². The molecule has 0 fully saturated rings. The number of hydrogen-bond acceptors (Lipinski definition) is 4. The molecule has 0 spiro atoms. The van der Waals surface area contributed by atoms with E-state index < -0.39 is 0 Å². The summed E-state index contributed by atoms with van der Waals surface area (Å²) in [6, 6.07) is 1.94. The Bertz CT molecular complexity index is 565. The van der Waals surface area contributed by atoms with Gasteiger partial charge in [0.05, 0.1) is 0 Å². The van der Waals surface area contributed by atoms with Crippen molar-refractivity contribution in [3.63, 3.8) is 0 Å². The second kappa shape index (κ2) is 4.99. The highest BCUT2D eigenvalue weighted by Gasteiger charge is 2.19. The summed E-state index contributed by atoms with van der Waals surface area (Å²) in [6.45, 7) is 8.42. The predicted octanol–water partition coefficient (Wildman–Crippen LogP) is 2.56. The Morgan fingerprint density at radius 3 is 2.58 bits per heavy atom. The first kappa shape index (κ1) is 13.5. The third-order valence-corrected chi connectivity index (χ3v) is 2.92. The molecular weight excluding hydrogens is 238 g/mol. The fourth-order valence-corrected chi connectivity index (χ4v) is 1.83. The molecule has 0 atom stereocenters. The molecule has 5 heteroatoms. The molecule has 0 aliphatic heterocycles. The first-order chi connectivity index (χ1) is 8.95. The van der Waals surface area contributed by atoms with Crippen LogP contribution in [0.4, 0.5) is 5.82 Å². The van der Waals surface area contributed by atoms with Crippen LogP contribution in [0.2, 0.25) is 0 Å². The molecule has 0 aromatic carbocycles. The van der Waals surface area contributed by atoms with Crippen molar-refractivity contribution in [1.82, 2.24) is 19.5 Å². The molecule has 0 aliphatic carbocycles. The molecule has 0 aliphatic rings. The molecule has 19 heavy (non-hydrogen) atoms. The van der Waals surface area contributed by atoms with Crippen LogP contribution in [0.3, 0.4) is 0 Å². The summed E-state index contributed by atoms with van der Waals surface area (Å²) in [5.41, 5.74) is -0.0887. The molecule has 2 heterocycles. The summed E-state index contributed by atoms with van der Waals surface area (Å²) in [5, 5.41) is 3.09. The lowest BCUT2D eigenvalue weighted by Crippen LogP contribution is -2.18. The van der Waals surface area contributed by atoms with E-state index in [0.717, 1.165) is 29.7 Å². The molecule has 0 radical (unpaired) electrons. The summed E-state index contributed by atoms with van der Waals surface area (Å²) >= 11 is 0. The van der Waals surface area contributed by atoms with E-state index >= 15 is 0 Å². The normalized spacial score (nSPS) is 11.6. The fourth-order valence-electron chi connectivity index (χ4n) is 1.83. The van der Waals surface area contributed by atoms with Crippen LogP contribution in [-0.2, 0) is 11.8 Å². The van der Waals surface area contributed by atoms with Crippen molar-refractivity contribution in [3.05, 3.63) is 30.1 Å².